The van der Waals surface area contributed by atoms with E-state index in [-0.39, 0.29) is 12.6 Å². The van der Waals surface area contributed by atoms with Crippen LogP contribution in [0.3, 0.4) is 0 Å². The number of hydrogen-bond donors (Lipinski definition) is 1. The first-order valence-electron chi connectivity index (χ1n) is 5.54. The van der Waals surface area contributed by atoms with E-state index in [0.29, 0.717) is 0 Å². The van der Waals surface area contributed by atoms with Gasteiger partial charge in [-0.1, -0.05) is 0 Å². The van der Waals surface area contributed by atoms with Gasteiger partial charge >= 0.3 is 12.2 Å². The third-order valence-electron chi connectivity index (χ3n) is 1.72. The smallest absolute Gasteiger partial charge is 0.420 e. The van der Waals surface area contributed by atoms with Crippen LogP contribution in [-0.4, -0.2) is 33.9 Å². The molecule has 0 aliphatic carbocycles. The molecule has 7 heteroatoms. The molecule has 0 bridgehead atoms. The SMILES string of the molecule is CCOC(=O)n1ccnc1NC(=O)OC(C)(C)C. The molecule has 0 aliphatic rings. The van der Waals surface area contributed by atoms with Crippen molar-refractivity contribution in [2.75, 3.05) is 11.9 Å². The van der Waals surface area contributed by atoms with Crippen LogP contribution in [-0.2, 0) is 9.47 Å². The minimum absolute atomic E-state index is 0.0581. The Kier molecular flexibility index (Phi) is 4.30. The molecule has 1 heterocycles. The van der Waals surface area contributed by atoms with E-state index < -0.39 is 17.8 Å². The van der Waals surface area contributed by atoms with Crippen LogP contribution in [0.5, 0.6) is 0 Å². The number of hydrogen-bond acceptors (Lipinski definition) is 5. The van der Waals surface area contributed by atoms with E-state index >= 15 is 0 Å². The molecule has 1 aromatic rings. The molecule has 0 unspecified atom stereocenters. The Labute approximate surface area is 105 Å². The number of anilines is 1. The predicted molar refractivity (Wildman–Crippen MR) is 64.5 cm³/mol. The van der Waals surface area contributed by atoms with Crippen LogP contribution in [0.4, 0.5) is 15.5 Å². The van der Waals surface area contributed by atoms with Gasteiger partial charge in [0, 0.05) is 12.4 Å². The van der Waals surface area contributed by atoms with Crippen molar-refractivity contribution in [3.8, 4) is 0 Å². The van der Waals surface area contributed by atoms with Crippen LogP contribution < -0.4 is 5.32 Å². The zero-order chi connectivity index (χ0) is 13.8. The number of nitrogens with one attached hydrogen (secondary N) is 1. The second-order valence-corrected chi connectivity index (χ2v) is 4.45. The van der Waals surface area contributed by atoms with Gasteiger partial charge in [0.15, 0.2) is 0 Å². The molecule has 0 saturated heterocycles. The molecule has 0 aliphatic heterocycles. The van der Waals surface area contributed by atoms with Crippen LogP contribution in [0.25, 0.3) is 0 Å². The van der Waals surface area contributed by atoms with E-state index in [0.717, 1.165) is 4.57 Å². The molecule has 0 atom stereocenters. The summed E-state index contributed by atoms with van der Waals surface area (Å²) in [4.78, 5) is 26.9. The summed E-state index contributed by atoms with van der Waals surface area (Å²) in [6.45, 7) is 7.15. The second kappa shape index (κ2) is 5.52. The van der Waals surface area contributed by atoms with Gasteiger partial charge in [0.2, 0.25) is 5.95 Å². The van der Waals surface area contributed by atoms with Crippen molar-refractivity contribution in [2.24, 2.45) is 0 Å². The van der Waals surface area contributed by atoms with Crippen molar-refractivity contribution in [1.29, 1.82) is 0 Å². The molecule has 0 radical (unpaired) electrons. The van der Waals surface area contributed by atoms with Gasteiger partial charge in [0.25, 0.3) is 0 Å². The third kappa shape index (κ3) is 4.08. The van der Waals surface area contributed by atoms with Gasteiger partial charge in [0.1, 0.15) is 5.60 Å². The molecule has 1 amide bonds. The number of amides is 1. The van der Waals surface area contributed by atoms with Crippen LogP contribution >= 0.6 is 0 Å². The minimum atomic E-state index is -0.681. The highest BCUT2D eigenvalue weighted by molar-refractivity contribution is 5.85. The van der Waals surface area contributed by atoms with Crippen LogP contribution in [0.2, 0.25) is 0 Å². The summed E-state index contributed by atoms with van der Waals surface area (Å²) in [5, 5.41) is 2.38. The average Bonchev–Trinajstić information content (AvgIpc) is 2.62. The molecule has 1 aromatic heterocycles. The van der Waals surface area contributed by atoms with Gasteiger partial charge in [-0.05, 0) is 27.7 Å². The summed E-state index contributed by atoms with van der Waals surface area (Å²) in [6, 6.07) is 0. The Morgan fingerprint density at radius 2 is 2.11 bits per heavy atom. The summed E-state index contributed by atoms with van der Waals surface area (Å²) in [5.74, 6) is 0.0581. The lowest BCUT2D eigenvalue weighted by molar-refractivity contribution is 0.0634. The second-order valence-electron chi connectivity index (χ2n) is 4.45. The van der Waals surface area contributed by atoms with E-state index in [1.165, 1.54) is 12.4 Å². The van der Waals surface area contributed by atoms with Gasteiger partial charge in [-0.3, -0.25) is 5.32 Å². The summed E-state index contributed by atoms with van der Waals surface area (Å²) < 4.78 is 10.9. The molecule has 0 fully saturated rings. The Morgan fingerprint density at radius 1 is 1.44 bits per heavy atom. The zero-order valence-corrected chi connectivity index (χ0v) is 10.9. The van der Waals surface area contributed by atoms with Gasteiger partial charge in [0.05, 0.1) is 6.61 Å². The van der Waals surface area contributed by atoms with Gasteiger partial charge < -0.3 is 9.47 Å². The fraction of sp³-hybridized carbons (Fsp3) is 0.545. The first-order chi connectivity index (χ1) is 8.33. The average molecular weight is 255 g/mol. The molecule has 1 rings (SSSR count). The first kappa shape index (κ1) is 14.0. The van der Waals surface area contributed by atoms with E-state index in [4.69, 9.17) is 9.47 Å². The lowest BCUT2D eigenvalue weighted by atomic mass is 10.2. The summed E-state index contributed by atoms with van der Waals surface area (Å²) in [7, 11) is 0. The maximum absolute atomic E-state index is 11.5. The number of rotatable bonds is 2. The van der Waals surface area contributed by atoms with Crippen molar-refractivity contribution in [3.63, 3.8) is 0 Å². The standard InChI is InChI=1S/C11H17N3O4/c1-5-17-10(16)14-7-6-12-8(14)13-9(15)18-11(2,3)4/h6-7H,5H2,1-4H3,(H,12,13,15). The van der Waals surface area contributed by atoms with E-state index in [1.807, 2.05) is 0 Å². The normalized spacial score (nSPS) is 10.9. The Bertz CT molecular complexity index is 434. The molecule has 7 nitrogen and oxygen atoms in total. The maximum atomic E-state index is 11.5. The van der Waals surface area contributed by atoms with Crippen molar-refractivity contribution in [1.82, 2.24) is 9.55 Å². The number of carbonyl (C=O) groups is 2. The lowest BCUT2D eigenvalue weighted by Crippen LogP contribution is -2.29. The minimum Gasteiger partial charge on any atom is -0.449 e. The number of aromatic nitrogens is 2. The van der Waals surface area contributed by atoms with Crippen LogP contribution in [0.1, 0.15) is 27.7 Å². The van der Waals surface area contributed by atoms with E-state index in [2.05, 4.69) is 10.3 Å². The summed E-state index contributed by atoms with van der Waals surface area (Å²) >= 11 is 0. The fourth-order valence-electron chi connectivity index (χ4n) is 1.13. The third-order valence-corrected chi connectivity index (χ3v) is 1.72. The van der Waals surface area contributed by atoms with Crippen molar-refractivity contribution in [2.45, 2.75) is 33.3 Å². The molecule has 0 spiro atoms. The van der Waals surface area contributed by atoms with Gasteiger partial charge in [-0.2, -0.15) is 0 Å². The molecular formula is C11H17N3O4. The lowest BCUT2D eigenvalue weighted by Gasteiger charge is -2.19. The number of ether oxygens (including phenoxy) is 2. The molecular weight excluding hydrogens is 238 g/mol. The van der Waals surface area contributed by atoms with Crippen molar-refractivity contribution < 1.29 is 19.1 Å². The van der Waals surface area contributed by atoms with Crippen LogP contribution in [0, 0.1) is 0 Å². The number of imidazole rings is 1. The van der Waals surface area contributed by atoms with Crippen molar-refractivity contribution >= 4 is 18.1 Å². The highest BCUT2D eigenvalue weighted by Crippen LogP contribution is 2.10. The molecule has 18 heavy (non-hydrogen) atoms. The highest BCUT2D eigenvalue weighted by atomic mass is 16.6. The zero-order valence-electron chi connectivity index (χ0n) is 10.9. The Hall–Kier alpha value is -2.05. The maximum Gasteiger partial charge on any atom is 0.420 e. The highest BCUT2D eigenvalue weighted by Gasteiger charge is 2.19. The Balaban J connectivity index is 2.71. The largest absolute Gasteiger partial charge is 0.449 e. The van der Waals surface area contributed by atoms with Crippen LogP contribution in [0.15, 0.2) is 12.4 Å². The number of nitrogens with zero attached hydrogens (tertiary/aromatic N) is 2. The van der Waals surface area contributed by atoms with Gasteiger partial charge in [-0.25, -0.2) is 19.1 Å². The topological polar surface area (TPSA) is 82.5 Å². The van der Waals surface area contributed by atoms with Crippen molar-refractivity contribution in [3.05, 3.63) is 12.4 Å². The number of carbonyl (C=O) groups excluding carboxylic acids is 2. The molecule has 1 N–H and O–H groups in total. The van der Waals surface area contributed by atoms with E-state index in [1.54, 1.807) is 27.7 Å². The quantitative estimate of drug-likeness (QED) is 0.876. The Morgan fingerprint density at radius 3 is 2.67 bits per heavy atom. The van der Waals surface area contributed by atoms with E-state index in [9.17, 15) is 9.59 Å². The fourth-order valence-corrected chi connectivity index (χ4v) is 1.13. The van der Waals surface area contributed by atoms with Gasteiger partial charge in [-0.15, -0.1) is 0 Å². The summed E-state index contributed by atoms with van der Waals surface area (Å²) in [5.41, 5.74) is -0.620. The molecule has 0 saturated carbocycles. The predicted octanol–water partition coefficient (Wildman–Crippen LogP) is 2.23. The molecule has 0 aromatic carbocycles. The summed E-state index contributed by atoms with van der Waals surface area (Å²) in [6.07, 6.45) is 1.48. The molecule has 100 valence electrons. The first-order valence-corrected chi connectivity index (χ1v) is 5.54. The monoisotopic (exact) mass is 255 g/mol.